The van der Waals surface area contributed by atoms with Crippen molar-refractivity contribution in [1.29, 1.82) is 0 Å². The first-order valence-electron chi connectivity index (χ1n) is 5.24. The molecule has 5 heteroatoms. The molecule has 0 bridgehead atoms. The Morgan fingerprint density at radius 2 is 2.35 bits per heavy atom. The number of aliphatic hydroxyl groups is 1. The van der Waals surface area contributed by atoms with Crippen molar-refractivity contribution in [2.75, 3.05) is 11.9 Å². The summed E-state index contributed by atoms with van der Waals surface area (Å²) in [6, 6.07) is 7.23. The third kappa shape index (κ3) is 3.19. The molecule has 1 atom stereocenters. The summed E-state index contributed by atoms with van der Waals surface area (Å²) in [5.41, 5.74) is 1.85. The van der Waals surface area contributed by atoms with E-state index in [4.69, 9.17) is 11.6 Å². The fourth-order valence-electron chi connectivity index (χ4n) is 1.50. The quantitative estimate of drug-likeness (QED) is 0.895. The van der Waals surface area contributed by atoms with Crippen molar-refractivity contribution in [2.45, 2.75) is 13.0 Å². The Morgan fingerprint density at radius 1 is 1.53 bits per heavy atom. The molecule has 2 aromatic rings. The van der Waals surface area contributed by atoms with Gasteiger partial charge in [-0.05, 0) is 25.1 Å². The van der Waals surface area contributed by atoms with E-state index in [9.17, 15) is 5.11 Å². The van der Waals surface area contributed by atoms with Gasteiger partial charge in [0.25, 0.3) is 0 Å². The monoisotopic (exact) mass is 268 g/mol. The van der Waals surface area contributed by atoms with Crippen molar-refractivity contribution < 1.29 is 5.11 Å². The standard InChI is InChI=1S/C12H13ClN2OS/c1-8-7-17-12(14-8)11(6-16)15-10-4-2-3-9(13)5-10/h2-5,7,11,15-16H,6H2,1H3. The molecule has 0 aliphatic carbocycles. The van der Waals surface area contributed by atoms with Crippen molar-refractivity contribution in [3.05, 3.63) is 45.4 Å². The van der Waals surface area contributed by atoms with Crippen LogP contribution in [-0.2, 0) is 0 Å². The molecule has 0 aliphatic rings. The van der Waals surface area contributed by atoms with E-state index in [1.54, 1.807) is 0 Å². The molecule has 1 heterocycles. The summed E-state index contributed by atoms with van der Waals surface area (Å²) in [4.78, 5) is 4.36. The second-order valence-corrected chi connectivity index (χ2v) is 5.04. The SMILES string of the molecule is Cc1csc(C(CO)Nc2cccc(Cl)c2)n1. The van der Waals surface area contributed by atoms with Gasteiger partial charge >= 0.3 is 0 Å². The fourth-order valence-corrected chi connectivity index (χ4v) is 2.53. The molecule has 0 spiro atoms. The highest BCUT2D eigenvalue weighted by Crippen LogP contribution is 2.23. The molecule has 0 aliphatic heterocycles. The van der Waals surface area contributed by atoms with Gasteiger partial charge in [0.05, 0.1) is 6.61 Å². The smallest absolute Gasteiger partial charge is 0.118 e. The predicted molar refractivity (Wildman–Crippen MR) is 71.8 cm³/mol. The normalized spacial score (nSPS) is 12.4. The summed E-state index contributed by atoms with van der Waals surface area (Å²) in [6.45, 7) is 1.94. The van der Waals surface area contributed by atoms with Crippen molar-refractivity contribution >= 4 is 28.6 Å². The number of anilines is 1. The molecule has 17 heavy (non-hydrogen) atoms. The average Bonchev–Trinajstić information content (AvgIpc) is 2.73. The number of thiazole rings is 1. The molecular formula is C12H13ClN2OS. The lowest BCUT2D eigenvalue weighted by Gasteiger charge is -2.15. The maximum atomic E-state index is 9.39. The van der Waals surface area contributed by atoms with E-state index in [0.29, 0.717) is 5.02 Å². The molecule has 0 saturated carbocycles. The number of benzene rings is 1. The number of aryl methyl sites for hydroxylation is 1. The van der Waals surface area contributed by atoms with Crippen molar-refractivity contribution in [2.24, 2.45) is 0 Å². The van der Waals surface area contributed by atoms with Gasteiger partial charge in [-0.15, -0.1) is 11.3 Å². The van der Waals surface area contributed by atoms with E-state index in [0.717, 1.165) is 16.4 Å². The van der Waals surface area contributed by atoms with Gasteiger partial charge in [0.1, 0.15) is 11.0 Å². The minimum absolute atomic E-state index is 0.000529. The first-order valence-corrected chi connectivity index (χ1v) is 6.50. The molecule has 0 amide bonds. The number of rotatable bonds is 4. The highest BCUT2D eigenvalue weighted by molar-refractivity contribution is 7.09. The first kappa shape index (κ1) is 12.4. The van der Waals surface area contributed by atoms with Crippen molar-refractivity contribution in [3.8, 4) is 0 Å². The molecule has 1 unspecified atom stereocenters. The van der Waals surface area contributed by atoms with Gasteiger partial charge in [0.2, 0.25) is 0 Å². The number of aliphatic hydroxyl groups excluding tert-OH is 1. The second-order valence-electron chi connectivity index (χ2n) is 3.72. The zero-order chi connectivity index (χ0) is 12.3. The molecule has 2 N–H and O–H groups in total. The molecule has 2 rings (SSSR count). The van der Waals surface area contributed by atoms with Gasteiger partial charge in [-0.1, -0.05) is 17.7 Å². The van der Waals surface area contributed by atoms with Crippen molar-refractivity contribution in [1.82, 2.24) is 4.98 Å². The molecule has 90 valence electrons. The molecule has 1 aromatic heterocycles. The Morgan fingerprint density at radius 3 is 2.94 bits per heavy atom. The Bertz CT molecular complexity index is 501. The number of nitrogens with one attached hydrogen (secondary N) is 1. The lowest BCUT2D eigenvalue weighted by molar-refractivity contribution is 0.276. The summed E-state index contributed by atoms with van der Waals surface area (Å²) in [7, 11) is 0. The maximum Gasteiger partial charge on any atom is 0.118 e. The van der Waals surface area contributed by atoms with Crippen LogP contribution in [0.5, 0.6) is 0 Å². The van der Waals surface area contributed by atoms with Crippen LogP contribution in [0.4, 0.5) is 5.69 Å². The van der Waals surface area contributed by atoms with Gasteiger partial charge in [0.15, 0.2) is 0 Å². The van der Waals surface area contributed by atoms with Crippen LogP contribution >= 0.6 is 22.9 Å². The minimum atomic E-state index is -0.188. The third-order valence-corrected chi connectivity index (χ3v) is 3.59. The van der Waals surface area contributed by atoms with E-state index >= 15 is 0 Å². The number of aromatic nitrogens is 1. The Kier molecular flexibility index (Phi) is 3.99. The van der Waals surface area contributed by atoms with Crippen LogP contribution in [-0.4, -0.2) is 16.7 Å². The summed E-state index contributed by atoms with van der Waals surface area (Å²) in [5, 5.41) is 16.1. The Balaban J connectivity index is 2.15. The van der Waals surface area contributed by atoms with Crippen LogP contribution in [0.1, 0.15) is 16.7 Å². The van der Waals surface area contributed by atoms with Gasteiger partial charge in [-0.3, -0.25) is 0 Å². The molecule has 0 radical (unpaired) electrons. The largest absolute Gasteiger partial charge is 0.394 e. The van der Waals surface area contributed by atoms with Gasteiger partial charge < -0.3 is 10.4 Å². The second kappa shape index (κ2) is 5.49. The van der Waals surface area contributed by atoms with Gasteiger partial charge in [-0.25, -0.2) is 4.98 Å². The van der Waals surface area contributed by atoms with Crippen LogP contribution in [0.3, 0.4) is 0 Å². The topological polar surface area (TPSA) is 45.1 Å². The third-order valence-electron chi connectivity index (χ3n) is 2.28. The minimum Gasteiger partial charge on any atom is -0.394 e. The summed E-state index contributed by atoms with van der Waals surface area (Å²) < 4.78 is 0. The zero-order valence-electron chi connectivity index (χ0n) is 9.35. The highest BCUT2D eigenvalue weighted by atomic mass is 35.5. The average molecular weight is 269 g/mol. The summed E-state index contributed by atoms with van der Waals surface area (Å²) >= 11 is 7.45. The van der Waals surface area contributed by atoms with Crippen LogP contribution in [0.2, 0.25) is 5.02 Å². The molecular weight excluding hydrogens is 256 g/mol. The summed E-state index contributed by atoms with van der Waals surface area (Å²) in [5.74, 6) is 0. The number of hydrogen-bond acceptors (Lipinski definition) is 4. The maximum absolute atomic E-state index is 9.39. The van der Waals surface area contributed by atoms with Crippen molar-refractivity contribution in [3.63, 3.8) is 0 Å². The van der Waals surface area contributed by atoms with E-state index in [1.165, 1.54) is 11.3 Å². The predicted octanol–water partition coefficient (Wildman–Crippen LogP) is 3.25. The fraction of sp³-hybridized carbons (Fsp3) is 0.250. The van der Waals surface area contributed by atoms with Crippen LogP contribution in [0.25, 0.3) is 0 Å². The number of hydrogen-bond donors (Lipinski definition) is 2. The zero-order valence-corrected chi connectivity index (χ0v) is 10.9. The van der Waals surface area contributed by atoms with Crippen LogP contribution in [0.15, 0.2) is 29.6 Å². The Labute approximate surface area is 109 Å². The lowest BCUT2D eigenvalue weighted by atomic mass is 10.2. The molecule has 0 saturated heterocycles. The van der Waals surface area contributed by atoms with Gasteiger partial charge in [0, 0.05) is 21.8 Å². The lowest BCUT2D eigenvalue weighted by Crippen LogP contribution is -2.14. The number of halogens is 1. The highest BCUT2D eigenvalue weighted by Gasteiger charge is 2.13. The molecule has 0 fully saturated rings. The van der Waals surface area contributed by atoms with Crippen LogP contribution in [0, 0.1) is 6.92 Å². The van der Waals surface area contributed by atoms with Crippen LogP contribution < -0.4 is 5.32 Å². The van der Waals surface area contributed by atoms with E-state index in [-0.39, 0.29) is 12.6 Å². The van der Waals surface area contributed by atoms with E-state index in [1.807, 2.05) is 36.6 Å². The van der Waals surface area contributed by atoms with E-state index in [2.05, 4.69) is 10.3 Å². The summed E-state index contributed by atoms with van der Waals surface area (Å²) in [6.07, 6.45) is 0. The Hall–Kier alpha value is -1.10. The molecule has 1 aromatic carbocycles. The van der Waals surface area contributed by atoms with E-state index < -0.39 is 0 Å². The van der Waals surface area contributed by atoms with Gasteiger partial charge in [-0.2, -0.15) is 0 Å². The first-order chi connectivity index (χ1) is 8.19. The molecule has 3 nitrogen and oxygen atoms in total. The number of nitrogens with zero attached hydrogens (tertiary/aromatic N) is 1.